The molecule has 17 heavy (non-hydrogen) atoms. The highest BCUT2D eigenvalue weighted by Crippen LogP contribution is 2.36. The van der Waals surface area contributed by atoms with E-state index in [1.807, 2.05) is 0 Å². The van der Waals surface area contributed by atoms with Crippen LogP contribution in [0.3, 0.4) is 0 Å². The maximum absolute atomic E-state index is 12.6. The van der Waals surface area contributed by atoms with E-state index in [2.05, 4.69) is 21.2 Å². The summed E-state index contributed by atoms with van der Waals surface area (Å²) in [5, 5.41) is 3.22. The smallest absolute Gasteiger partial charge is 0.316 e. The summed E-state index contributed by atoms with van der Waals surface area (Å²) in [5.41, 5.74) is 0.188. The molecule has 1 nitrogen and oxygen atoms in total. The lowest BCUT2D eigenvalue weighted by atomic mass is 9.90. The lowest BCUT2D eigenvalue weighted by Crippen LogP contribution is -2.28. The van der Waals surface area contributed by atoms with Crippen LogP contribution in [0.15, 0.2) is 22.7 Å². The van der Waals surface area contributed by atoms with Crippen LogP contribution in [0.4, 0.5) is 13.2 Å². The van der Waals surface area contributed by atoms with Gasteiger partial charge in [0.05, 0.1) is 5.56 Å². The van der Waals surface area contributed by atoms with E-state index in [0.29, 0.717) is 0 Å². The van der Waals surface area contributed by atoms with Crippen LogP contribution in [0.25, 0.3) is 0 Å². The zero-order valence-electron chi connectivity index (χ0n) is 9.15. The van der Waals surface area contributed by atoms with Gasteiger partial charge in [-0.2, -0.15) is 13.2 Å². The Morgan fingerprint density at radius 1 is 1.29 bits per heavy atom. The quantitative estimate of drug-likeness (QED) is 0.829. The molecule has 0 radical (unpaired) electrons. The van der Waals surface area contributed by atoms with Crippen molar-refractivity contribution in [1.29, 1.82) is 0 Å². The number of piperidine rings is 1. The molecule has 1 atom stereocenters. The van der Waals surface area contributed by atoms with Gasteiger partial charge < -0.3 is 5.32 Å². The van der Waals surface area contributed by atoms with Crippen LogP contribution in [-0.2, 0) is 6.18 Å². The Hall–Kier alpha value is -0.550. The minimum atomic E-state index is -4.27. The zero-order chi connectivity index (χ0) is 12.5. The van der Waals surface area contributed by atoms with Crippen LogP contribution < -0.4 is 5.32 Å². The van der Waals surface area contributed by atoms with Gasteiger partial charge >= 0.3 is 6.18 Å². The van der Waals surface area contributed by atoms with E-state index in [0.717, 1.165) is 42.0 Å². The van der Waals surface area contributed by atoms with E-state index in [1.165, 1.54) is 12.1 Å². The Labute approximate surface area is 107 Å². The highest BCUT2D eigenvalue weighted by molar-refractivity contribution is 9.10. The van der Waals surface area contributed by atoms with E-state index >= 15 is 0 Å². The molecule has 1 aliphatic rings. The first-order chi connectivity index (χ1) is 7.98. The molecule has 1 N–H and O–H groups in total. The zero-order valence-corrected chi connectivity index (χ0v) is 10.7. The fourth-order valence-corrected chi connectivity index (χ4v) is 2.72. The summed E-state index contributed by atoms with van der Waals surface area (Å²) >= 11 is 3.34. The average molecular weight is 308 g/mol. The van der Waals surface area contributed by atoms with Crippen LogP contribution in [0.5, 0.6) is 0 Å². The Kier molecular flexibility index (Phi) is 3.78. The monoisotopic (exact) mass is 307 g/mol. The van der Waals surface area contributed by atoms with Gasteiger partial charge in [0.15, 0.2) is 0 Å². The van der Waals surface area contributed by atoms with Crippen LogP contribution in [-0.4, -0.2) is 13.1 Å². The van der Waals surface area contributed by atoms with Crippen molar-refractivity contribution in [3.05, 3.63) is 33.8 Å². The van der Waals surface area contributed by atoms with Gasteiger partial charge in [0.2, 0.25) is 0 Å². The second-order valence-electron chi connectivity index (χ2n) is 4.28. The number of hydrogen-bond donors (Lipinski definition) is 1. The summed E-state index contributed by atoms with van der Waals surface area (Å²) in [5.74, 6) is 0.167. The Morgan fingerprint density at radius 3 is 2.65 bits per heavy atom. The molecule has 0 spiro atoms. The van der Waals surface area contributed by atoms with Gasteiger partial charge in [-0.25, -0.2) is 0 Å². The molecule has 1 aliphatic heterocycles. The number of hydrogen-bond acceptors (Lipinski definition) is 1. The molecule has 1 aromatic carbocycles. The Morgan fingerprint density at radius 2 is 2.06 bits per heavy atom. The molecule has 1 aromatic rings. The average Bonchev–Trinajstić information content (AvgIpc) is 2.29. The van der Waals surface area contributed by atoms with E-state index in [4.69, 9.17) is 0 Å². The van der Waals surface area contributed by atoms with Crippen molar-refractivity contribution in [2.45, 2.75) is 24.9 Å². The molecule has 0 amide bonds. The summed E-state index contributed by atoms with van der Waals surface area (Å²) in [6.45, 7) is 1.70. The SMILES string of the molecule is FC(F)(F)c1ccc(Br)c(C2CCCNC2)c1. The summed E-state index contributed by atoms with van der Waals surface area (Å²) in [7, 11) is 0. The first-order valence-corrected chi connectivity index (χ1v) is 6.35. The van der Waals surface area contributed by atoms with Crippen LogP contribution >= 0.6 is 15.9 Å². The van der Waals surface area contributed by atoms with Crippen molar-refractivity contribution >= 4 is 15.9 Å². The molecule has 1 unspecified atom stereocenters. The predicted molar refractivity (Wildman–Crippen MR) is 64.0 cm³/mol. The third-order valence-corrected chi connectivity index (χ3v) is 3.78. The minimum absolute atomic E-state index is 0.167. The van der Waals surface area contributed by atoms with Crippen molar-refractivity contribution in [2.24, 2.45) is 0 Å². The molecule has 0 aromatic heterocycles. The summed E-state index contributed by atoms with van der Waals surface area (Å²) in [6.07, 6.45) is -2.32. The highest BCUT2D eigenvalue weighted by Gasteiger charge is 2.31. The van der Waals surface area contributed by atoms with Crippen LogP contribution in [0, 0.1) is 0 Å². The molecule has 1 saturated heterocycles. The fraction of sp³-hybridized carbons (Fsp3) is 0.500. The second-order valence-corrected chi connectivity index (χ2v) is 5.13. The minimum Gasteiger partial charge on any atom is -0.316 e. The molecular weight excluding hydrogens is 295 g/mol. The van der Waals surface area contributed by atoms with Crippen molar-refractivity contribution < 1.29 is 13.2 Å². The number of benzene rings is 1. The maximum atomic E-state index is 12.6. The number of rotatable bonds is 1. The van der Waals surface area contributed by atoms with Gasteiger partial charge in [-0.05, 0) is 49.1 Å². The van der Waals surface area contributed by atoms with E-state index in [-0.39, 0.29) is 5.92 Å². The van der Waals surface area contributed by atoms with E-state index in [1.54, 1.807) is 0 Å². The third kappa shape index (κ3) is 3.01. The molecular formula is C12H13BrF3N. The Bertz CT molecular complexity index is 397. The van der Waals surface area contributed by atoms with Crippen molar-refractivity contribution in [3.8, 4) is 0 Å². The molecule has 0 bridgehead atoms. The fourth-order valence-electron chi connectivity index (χ4n) is 2.15. The largest absolute Gasteiger partial charge is 0.416 e. The topological polar surface area (TPSA) is 12.0 Å². The van der Waals surface area contributed by atoms with Gasteiger partial charge in [0, 0.05) is 11.0 Å². The number of alkyl halides is 3. The van der Waals surface area contributed by atoms with E-state index in [9.17, 15) is 13.2 Å². The summed E-state index contributed by atoms with van der Waals surface area (Å²) < 4.78 is 38.7. The molecule has 94 valence electrons. The predicted octanol–water partition coefficient (Wildman–Crippen LogP) is 3.93. The van der Waals surface area contributed by atoms with Crippen LogP contribution in [0.2, 0.25) is 0 Å². The van der Waals surface area contributed by atoms with E-state index < -0.39 is 11.7 Å². The van der Waals surface area contributed by atoms with Gasteiger partial charge in [0.25, 0.3) is 0 Å². The highest BCUT2D eigenvalue weighted by atomic mass is 79.9. The van der Waals surface area contributed by atoms with Gasteiger partial charge in [0.1, 0.15) is 0 Å². The molecule has 1 heterocycles. The van der Waals surface area contributed by atoms with Gasteiger partial charge in [-0.3, -0.25) is 0 Å². The number of nitrogens with one attached hydrogen (secondary N) is 1. The van der Waals surface area contributed by atoms with Gasteiger partial charge in [-0.1, -0.05) is 15.9 Å². The lowest BCUT2D eigenvalue weighted by Gasteiger charge is -2.24. The normalized spacial score (nSPS) is 21.5. The molecule has 2 rings (SSSR count). The lowest BCUT2D eigenvalue weighted by molar-refractivity contribution is -0.137. The van der Waals surface area contributed by atoms with Crippen molar-refractivity contribution in [1.82, 2.24) is 5.32 Å². The summed E-state index contributed by atoms with van der Waals surface area (Å²) in [4.78, 5) is 0. The molecule has 5 heteroatoms. The standard InChI is InChI=1S/C12H13BrF3N/c13-11-4-3-9(12(14,15)16)6-10(11)8-2-1-5-17-7-8/h3-4,6,8,17H,1-2,5,7H2. The molecule has 0 aliphatic carbocycles. The maximum Gasteiger partial charge on any atom is 0.416 e. The first kappa shape index (κ1) is 12.9. The summed E-state index contributed by atoms with van der Waals surface area (Å²) in [6, 6.07) is 3.87. The van der Waals surface area contributed by atoms with Crippen LogP contribution in [0.1, 0.15) is 29.9 Å². The molecule has 0 saturated carbocycles. The molecule has 1 fully saturated rings. The second kappa shape index (κ2) is 4.98. The van der Waals surface area contributed by atoms with Crippen molar-refractivity contribution in [2.75, 3.05) is 13.1 Å². The first-order valence-electron chi connectivity index (χ1n) is 5.56. The third-order valence-electron chi connectivity index (χ3n) is 3.06. The van der Waals surface area contributed by atoms with Crippen molar-refractivity contribution in [3.63, 3.8) is 0 Å². The number of halogens is 4. The van der Waals surface area contributed by atoms with Gasteiger partial charge in [-0.15, -0.1) is 0 Å². The Balaban J connectivity index is 2.31.